The molecule has 7 nitrogen and oxygen atoms in total. The van der Waals surface area contributed by atoms with Crippen molar-refractivity contribution in [3.8, 4) is 0 Å². The summed E-state index contributed by atoms with van der Waals surface area (Å²) in [4.78, 5) is 49.8. The number of amides is 5. The fourth-order valence-corrected chi connectivity index (χ4v) is 3.05. The number of nitrogens with one attached hydrogen (secondary N) is 1. The quantitative estimate of drug-likeness (QED) is 0.587. The molecule has 1 aromatic rings. The van der Waals surface area contributed by atoms with E-state index in [1.807, 2.05) is 38.1 Å². The molecule has 146 valence electrons. The second-order valence-electron chi connectivity index (χ2n) is 7.33. The maximum Gasteiger partial charge on any atom is 0.334 e. The Bertz CT molecular complexity index is 740. The minimum Gasteiger partial charge on any atom is -0.347 e. The third-order valence-corrected chi connectivity index (χ3v) is 4.70. The van der Waals surface area contributed by atoms with Gasteiger partial charge < -0.3 is 5.32 Å². The molecule has 1 atom stereocenters. The molecule has 27 heavy (non-hydrogen) atoms. The Hall–Kier alpha value is -2.70. The highest BCUT2D eigenvalue weighted by Gasteiger charge is 2.44. The first-order valence-electron chi connectivity index (χ1n) is 9.23. The van der Waals surface area contributed by atoms with Crippen LogP contribution in [0.25, 0.3) is 0 Å². The van der Waals surface area contributed by atoms with Crippen LogP contribution in [0, 0.1) is 5.92 Å². The van der Waals surface area contributed by atoms with Crippen molar-refractivity contribution < 1.29 is 19.2 Å². The highest BCUT2D eigenvalue weighted by Crippen LogP contribution is 2.24. The molecule has 1 saturated heterocycles. The molecular weight excluding hydrogens is 346 g/mol. The maximum atomic E-state index is 12.5. The third-order valence-electron chi connectivity index (χ3n) is 4.70. The minimum atomic E-state index is -0.959. The lowest BCUT2D eigenvalue weighted by Gasteiger charge is -2.24. The summed E-state index contributed by atoms with van der Waals surface area (Å²) >= 11 is 0. The van der Waals surface area contributed by atoms with Crippen LogP contribution in [0.3, 0.4) is 0 Å². The van der Waals surface area contributed by atoms with Crippen molar-refractivity contribution in [2.45, 2.75) is 46.6 Å². The Morgan fingerprint density at radius 2 is 1.44 bits per heavy atom. The lowest BCUT2D eigenvalue weighted by atomic mass is 9.93. The van der Waals surface area contributed by atoms with Crippen molar-refractivity contribution in [2.24, 2.45) is 5.92 Å². The van der Waals surface area contributed by atoms with Gasteiger partial charge in [-0.25, -0.2) is 9.69 Å². The number of urea groups is 1. The first-order chi connectivity index (χ1) is 12.7. The minimum absolute atomic E-state index is 0.0956. The maximum absolute atomic E-state index is 12.5. The topological polar surface area (TPSA) is 86.8 Å². The van der Waals surface area contributed by atoms with Gasteiger partial charge in [0.05, 0.1) is 6.04 Å². The van der Waals surface area contributed by atoms with Crippen LogP contribution in [-0.2, 0) is 14.4 Å². The van der Waals surface area contributed by atoms with Crippen molar-refractivity contribution in [3.63, 3.8) is 0 Å². The molecule has 5 amide bonds. The van der Waals surface area contributed by atoms with Crippen LogP contribution < -0.4 is 5.32 Å². The summed E-state index contributed by atoms with van der Waals surface area (Å²) in [6.45, 7) is 9.42. The van der Waals surface area contributed by atoms with Crippen LogP contribution in [0.2, 0.25) is 0 Å². The smallest absolute Gasteiger partial charge is 0.334 e. The molecule has 2 rings (SSSR count). The Labute approximate surface area is 159 Å². The van der Waals surface area contributed by atoms with Crippen molar-refractivity contribution in [2.75, 3.05) is 13.1 Å². The number of rotatable bonds is 7. The SMILES string of the molecule is CCN1C(=O)C(=O)N(CC(=O)N[C@H](c2ccc(C(C)C)cc2)C(C)C)C1=O. The van der Waals surface area contributed by atoms with E-state index in [4.69, 9.17) is 0 Å². The van der Waals surface area contributed by atoms with E-state index in [9.17, 15) is 19.2 Å². The van der Waals surface area contributed by atoms with Gasteiger partial charge in [0, 0.05) is 6.54 Å². The van der Waals surface area contributed by atoms with Crippen LogP contribution in [0.5, 0.6) is 0 Å². The zero-order chi connectivity index (χ0) is 20.3. The number of benzene rings is 1. The van der Waals surface area contributed by atoms with Gasteiger partial charge in [0.2, 0.25) is 5.91 Å². The standard InChI is InChI=1S/C20H27N3O4/c1-6-22-18(25)19(26)23(20(22)27)11-16(24)21-17(13(4)5)15-9-7-14(8-10-15)12(2)3/h7-10,12-13,17H,6,11H2,1-5H3,(H,21,24)/t17-/m0/s1. The highest BCUT2D eigenvalue weighted by molar-refractivity contribution is 6.45. The summed E-state index contributed by atoms with van der Waals surface area (Å²) in [5.41, 5.74) is 2.16. The molecule has 0 aliphatic carbocycles. The Morgan fingerprint density at radius 1 is 0.926 bits per heavy atom. The molecule has 1 aliphatic heterocycles. The van der Waals surface area contributed by atoms with Gasteiger partial charge in [0.1, 0.15) is 6.54 Å². The average molecular weight is 373 g/mol. The van der Waals surface area contributed by atoms with Crippen molar-refractivity contribution >= 4 is 23.8 Å². The van der Waals surface area contributed by atoms with Gasteiger partial charge in [0.25, 0.3) is 0 Å². The van der Waals surface area contributed by atoms with E-state index >= 15 is 0 Å². The summed E-state index contributed by atoms with van der Waals surface area (Å²) in [6, 6.07) is 7.03. The number of likely N-dealkylation sites (N-methyl/N-ethyl adjacent to an activating group) is 1. The molecule has 0 aromatic heterocycles. The largest absolute Gasteiger partial charge is 0.347 e. The molecule has 0 bridgehead atoms. The summed E-state index contributed by atoms with van der Waals surface area (Å²) < 4.78 is 0. The number of hydrogen-bond donors (Lipinski definition) is 1. The van der Waals surface area contributed by atoms with E-state index in [1.54, 1.807) is 6.92 Å². The second-order valence-corrected chi connectivity index (χ2v) is 7.33. The Morgan fingerprint density at radius 3 is 1.89 bits per heavy atom. The molecule has 7 heteroatoms. The van der Waals surface area contributed by atoms with Crippen LogP contribution in [-0.4, -0.2) is 46.6 Å². The van der Waals surface area contributed by atoms with Gasteiger partial charge in [-0.05, 0) is 29.9 Å². The third kappa shape index (κ3) is 4.35. The molecule has 1 aromatic carbocycles. The van der Waals surface area contributed by atoms with E-state index in [0.717, 1.165) is 10.5 Å². The van der Waals surface area contributed by atoms with Gasteiger partial charge in [-0.3, -0.25) is 19.3 Å². The number of imide groups is 2. The molecule has 1 N–H and O–H groups in total. The second kappa shape index (κ2) is 8.33. The Balaban J connectivity index is 2.10. The summed E-state index contributed by atoms with van der Waals surface area (Å²) in [7, 11) is 0. The van der Waals surface area contributed by atoms with Crippen molar-refractivity contribution in [1.82, 2.24) is 15.1 Å². The summed E-state index contributed by atoms with van der Waals surface area (Å²) in [5, 5.41) is 2.88. The molecule has 1 fully saturated rings. The predicted octanol–water partition coefficient (Wildman–Crippen LogP) is 2.43. The molecular formula is C20H27N3O4. The molecule has 1 aliphatic rings. The van der Waals surface area contributed by atoms with Crippen LogP contribution >= 0.6 is 0 Å². The number of carbonyl (C=O) groups excluding carboxylic acids is 4. The highest BCUT2D eigenvalue weighted by atomic mass is 16.2. The number of nitrogens with zero attached hydrogens (tertiary/aromatic N) is 2. The first kappa shape index (κ1) is 20.6. The predicted molar refractivity (Wildman–Crippen MR) is 101 cm³/mol. The summed E-state index contributed by atoms with van der Waals surface area (Å²) in [5.74, 6) is -1.80. The molecule has 1 heterocycles. The van der Waals surface area contributed by atoms with E-state index in [1.165, 1.54) is 5.56 Å². The fraction of sp³-hybridized carbons (Fsp3) is 0.500. The van der Waals surface area contributed by atoms with E-state index in [0.29, 0.717) is 10.8 Å². The number of carbonyl (C=O) groups is 4. The zero-order valence-corrected chi connectivity index (χ0v) is 16.5. The van der Waals surface area contributed by atoms with Crippen LogP contribution in [0.1, 0.15) is 57.7 Å². The normalized spacial score (nSPS) is 15.9. The van der Waals surface area contributed by atoms with E-state index in [2.05, 4.69) is 19.2 Å². The number of hydrogen-bond acceptors (Lipinski definition) is 4. The van der Waals surface area contributed by atoms with Crippen molar-refractivity contribution in [1.29, 1.82) is 0 Å². The lowest BCUT2D eigenvalue weighted by molar-refractivity contribution is -0.144. The van der Waals surface area contributed by atoms with Gasteiger partial charge in [0.15, 0.2) is 0 Å². The molecule has 0 saturated carbocycles. The molecule has 0 unspecified atom stereocenters. The fourth-order valence-electron chi connectivity index (χ4n) is 3.05. The van der Waals surface area contributed by atoms with Gasteiger partial charge in [-0.1, -0.05) is 52.0 Å². The molecule has 0 radical (unpaired) electrons. The van der Waals surface area contributed by atoms with Gasteiger partial charge in [-0.2, -0.15) is 0 Å². The van der Waals surface area contributed by atoms with Crippen molar-refractivity contribution in [3.05, 3.63) is 35.4 Å². The zero-order valence-electron chi connectivity index (χ0n) is 16.5. The van der Waals surface area contributed by atoms with Crippen LogP contribution in [0.4, 0.5) is 4.79 Å². The summed E-state index contributed by atoms with van der Waals surface area (Å²) in [6.07, 6.45) is 0. The molecule has 0 spiro atoms. The lowest BCUT2D eigenvalue weighted by Crippen LogP contribution is -2.43. The van der Waals surface area contributed by atoms with E-state index < -0.39 is 30.3 Å². The van der Waals surface area contributed by atoms with Crippen LogP contribution in [0.15, 0.2) is 24.3 Å². The monoisotopic (exact) mass is 373 g/mol. The average Bonchev–Trinajstić information content (AvgIpc) is 2.82. The van der Waals surface area contributed by atoms with Gasteiger partial charge >= 0.3 is 17.8 Å². The van der Waals surface area contributed by atoms with Gasteiger partial charge in [-0.15, -0.1) is 0 Å². The van der Waals surface area contributed by atoms with E-state index in [-0.39, 0.29) is 18.5 Å². The first-order valence-corrected chi connectivity index (χ1v) is 9.23. The Kier molecular flexibility index (Phi) is 6.36.